The quantitative estimate of drug-likeness (QED) is 0.813. The number of rotatable bonds is 5. The molecular formula is C14H22N2O3S. The summed E-state index contributed by atoms with van der Waals surface area (Å²) in [6.07, 6.45) is 2.18. The van der Waals surface area contributed by atoms with Crippen molar-refractivity contribution in [3.05, 3.63) is 18.2 Å². The van der Waals surface area contributed by atoms with E-state index in [1.807, 2.05) is 25.1 Å². The molecule has 1 aromatic carbocycles. The lowest BCUT2D eigenvalue weighted by molar-refractivity contribution is 0.319. The van der Waals surface area contributed by atoms with Crippen molar-refractivity contribution in [3.8, 4) is 5.75 Å². The van der Waals surface area contributed by atoms with Crippen molar-refractivity contribution in [2.75, 3.05) is 29.2 Å². The van der Waals surface area contributed by atoms with Gasteiger partial charge in [0.2, 0.25) is 0 Å². The predicted octanol–water partition coefficient (Wildman–Crippen LogP) is 2.05. The molecule has 0 spiro atoms. The van der Waals surface area contributed by atoms with Gasteiger partial charge >= 0.3 is 0 Å². The van der Waals surface area contributed by atoms with Gasteiger partial charge in [-0.2, -0.15) is 0 Å². The minimum absolute atomic E-state index is 0.155. The molecule has 1 aliphatic heterocycles. The van der Waals surface area contributed by atoms with Gasteiger partial charge in [0.1, 0.15) is 15.6 Å². The zero-order chi connectivity index (χ0) is 14.6. The maximum absolute atomic E-state index is 11.4. The van der Waals surface area contributed by atoms with E-state index in [2.05, 4.69) is 5.32 Å². The van der Waals surface area contributed by atoms with Crippen LogP contribution in [0.3, 0.4) is 0 Å². The van der Waals surface area contributed by atoms with Crippen LogP contribution in [0.25, 0.3) is 0 Å². The van der Waals surface area contributed by atoms with Crippen LogP contribution in [0.2, 0.25) is 0 Å². The predicted molar refractivity (Wildman–Crippen MR) is 81.9 cm³/mol. The summed E-state index contributed by atoms with van der Waals surface area (Å²) in [7, 11) is -2.83. The van der Waals surface area contributed by atoms with E-state index in [1.54, 1.807) is 0 Å². The molecule has 5 nitrogen and oxygen atoms in total. The lowest BCUT2D eigenvalue weighted by Gasteiger charge is -2.25. The zero-order valence-electron chi connectivity index (χ0n) is 11.8. The average Bonchev–Trinajstić information content (AvgIpc) is 2.42. The van der Waals surface area contributed by atoms with E-state index in [4.69, 9.17) is 10.5 Å². The standard InChI is InChI=1S/C14H22N2O3S/c1-2-8-19-13-5-3-4-12(14(13)15)16-11-6-9-20(17,18)10-7-11/h3-5,11,16H,2,6-10,15H2,1H3. The molecule has 0 aliphatic carbocycles. The number of hydrogen-bond donors (Lipinski definition) is 2. The lowest BCUT2D eigenvalue weighted by Crippen LogP contribution is -2.32. The van der Waals surface area contributed by atoms with Crippen LogP contribution in [0.1, 0.15) is 26.2 Å². The molecule has 1 saturated heterocycles. The normalized spacial score (nSPS) is 18.6. The first kappa shape index (κ1) is 15.0. The monoisotopic (exact) mass is 298 g/mol. The Bertz CT molecular complexity index is 544. The molecule has 0 radical (unpaired) electrons. The molecule has 0 atom stereocenters. The molecule has 1 aliphatic rings. The molecule has 0 unspecified atom stereocenters. The molecular weight excluding hydrogens is 276 g/mol. The maximum Gasteiger partial charge on any atom is 0.150 e. The van der Waals surface area contributed by atoms with Crippen molar-refractivity contribution in [1.82, 2.24) is 0 Å². The van der Waals surface area contributed by atoms with Crippen molar-refractivity contribution in [2.45, 2.75) is 32.2 Å². The number of sulfone groups is 1. The van der Waals surface area contributed by atoms with Crippen LogP contribution >= 0.6 is 0 Å². The molecule has 0 amide bonds. The molecule has 1 heterocycles. The first-order valence-corrected chi connectivity index (χ1v) is 8.82. The van der Waals surface area contributed by atoms with Crippen LogP contribution in [0, 0.1) is 0 Å². The minimum Gasteiger partial charge on any atom is -0.491 e. The molecule has 2 rings (SSSR count). The molecule has 6 heteroatoms. The van der Waals surface area contributed by atoms with Gasteiger partial charge in [-0.05, 0) is 31.4 Å². The van der Waals surface area contributed by atoms with Crippen LogP contribution in [-0.2, 0) is 9.84 Å². The summed E-state index contributed by atoms with van der Waals surface area (Å²) < 4.78 is 28.4. The fourth-order valence-electron chi connectivity index (χ4n) is 2.26. The van der Waals surface area contributed by atoms with Crippen LogP contribution in [0.5, 0.6) is 5.75 Å². The summed E-state index contributed by atoms with van der Waals surface area (Å²) in [5.41, 5.74) is 7.50. The third kappa shape index (κ3) is 3.79. The van der Waals surface area contributed by atoms with Crippen LogP contribution in [0.4, 0.5) is 11.4 Å². The van der Waals surface area contributed by atoms with Crippen molar-refractivity contribution >= 4 is 21.2 Å². The van der Waals surface area contributed by atoms with Gasteiger partial charge in [-0.15, -0.1) is 0 Å². The first-order chi connectivity index (χ1) is 9.52. The second-order valence-corrected chi connectivity index (χ2v) is 7.44. The second-order valence-electron chi connectivity index (χ2n) is 5.14. The highest BCUT2D eigenvalue weighted by Gasteiger charge is 2.24. The van der Waals surface area contributed by atoms with Gasteiger partial charge in [-0.1, -0.05) is 13.0 Å². The molecule has 0 bridgehead atoms. The van der Waals surface area contributed by atoms with Crippen LogP contribution in [-0.4, -0.2) is 32.6 Å². The summed E-state index contributed by atoms with van der Waals surface area (Å²) in [5.74, 6) is 1.17. The molecule has 1 fully saturated rings. The van der Waals surface area contributed by atoms with Gasteiger partial charge in [-0.3, -0.25) is 0 Å². The lowest BCUT2D eigenvalue weighted by atomic mass is 10.1. The van der Waals surface area contributed by atoms with Gasteiger partial charge in [0.15, 0.2) is 0 Å². The Morgan fingerprint density at radius 3 is 2.70 bits per heavy atom. The van der Waals surface area contributed by atoms with E-state index >= 15 is 0 Å². The van der Waals surface area contributed by atoms with Gasteiger partial charge in [0, 0.05) is 6.04 Å². The molecule has 112 valence electrons. The van der Waals surface area contributed by atoms with E-state index in [1.165, 1.54) is 0 Å². The number of nitrogens with one attached hydrogen (secondary N) is 1. The number of benzene rings is 1. The third-order valence-corrected chi connectivity index (χ3v) is 5.16. The Labute approximate surface area is 120 Å². The number of para-hydroxylation sites is 1. The van der Waals surface area contributed by atoms with Crippen molar-refractivity contribution in [1.29, 1.82) is 0 Å². The molecule has 1 aromatic rings. The van der Waals surface area contributed by atoms with Gasteiger partial charge in [-0.25, -0.2) is 8.42 Å². The highest BCUT2D eigenvalue weighted by atomic mass is 32.2. The smallest absolute Gasteiger partial charge is 0.150 e. The number of ether oxygens (including phenoxy) is 1. The third-order valence-electron chi connectivity index (χ3n) is 3.44. The van der Waals surface area contributed by atoms with E-state index < -0.39 is 9.84 Å². The molecule has 20 heavy (non-hydrogen) atoms. The van der Waals surface area contributed by atoms with Crippen LogP contribution < -0.4 is 15.8 Å². The fourth-order valence-corrected chi connectivity index (χ4v) is 3.75. The molecule has 0 saturated carbocycles. The highest BCUT2D eigenvalue weighted by molar-refractivity contribution is 7.91. The first-order valence-electron chi connectivity index (χ1n) is 7.00. The number of hydrogen-bond acceptors (Lipinski definition) is 5. The van der Waals surface area contributed by atoms with Gasteiger partial charge in [0.05, 0.1) is 29.5 Å². The Hall–Kier alpha value is -1.43. The van der Waals surface area contributed by atoms with Crippen molar-refractivity contribution < 1.29 is 13.2 Å². The summed E-state index contributed by atoms with van der Waals surface area (Å²) in [5, 5.41) is 3.33. The number of nitrogen functional groups attached to an aromatic ring is 1. The van der Waals surface area contributed by atoms with Gasteiger partial charge in [0.25, 0.3) is 0 Å². The van der Waals surface area contributed by atoms with E-state index in [0.29, 0.717) is 30.9 Å². The number of anilines is 2. The Morgan fingerprint density at radius 2 is 2.05 bits per heavy atom. The summed E-state index contributed by atoms with van der Waals surface area (Å²) in [6.45, 7) is 2.68. The van der Waals surface area contributed by atoms with E-state index in [0.717, 1.165) is 12.1 Å². The Balaban J connectivity index is 2.03. The average molecular weight is 298 g/mol. The summed E-state index contributed by atoms with van der Waals surface area (Å²) in [4.78, 5) is 0. The zero-order valence-corrected chi connectivity index (χ0v) is 12.6. The van der Waals surface area contributed by atoms with E-state index in [-0.39, 0.29) is 17.5 Å². The summed E-state index contributed by atoms with van der Waals surface area (Å²) >= 11 is 0. The summed E-state index contributed by atoms with van der Waals surface area (Å²) in [6, 6.07) is 5.80. The van der Waals surface area contributed by atoms with Crippen molar-refractivity contribution in [3.63, 3.8) is 0 Å². The second kappa shape index (κ2) is 6.35. The highest BCUT2D eigenvalue weighted by Crippen LogP contribution is 2.31. The van der Waals surface area contributed by atoms with Crippen molar-refractivity contribution in [2.24, 2.45) is 0 Å². The topological polar surface area (TPSA) is 81.4 Å². The largest absolute Gasteiger partial charge is 0.491 e. The number of nitrogens with two attached hydrogens (primary N) is 1. The molecule has 3 N–H and O–H groups in total. The maximum atomic E-state index is 11.4. The SMILES string of the molecule is CCCOc1cccc(NC2CCS(=O)(=O)CC2)c1N. The Morgan fingerprint density at radius 1 is 1.35 bits per heavy atom. The van der Waals surface area contributed by atoms with Gasteiger partial charge < -0.3 is 15.8 Å². The van der Waals surface area contributed by atoms with E-state index in [9.17, 15) is 8.42 Å². The molecule has 0 aromatic heterocycles. The fraction of sp³-hybridized carbons (Fsp3) is 0.571. The van der Waals surface area contributed by atoms with Crippen LogP contribution in [0.15, 0.2) is 18.2 Å². The minimum atomic E-state index is -2.83. The Kier molecular flexibility index (Phi) is 4.75.